The molecule has 0 fully saturated rings. The maximum Gasteiger partial charge on any atom is 0.419 e. The second-order valence-electron chi connectivity index (χ2n) is 3.35. The number of carbonyl (C=O) groups excluding carboxylic acids is 1. The number of carbonyl (C=O) groups is 1. The summed E-state index contributed by atoms with van der Waals surface area (Å²) in [5.41, 5.74) is 8.20. The van der Waals surface area contributed by atoms with E-state index in [0.717, 1.165) is 0 Å². The molecule has 0 heterocycles. The molecule has 0 aromatic heterocycles. The van der Waals surface area contributed by atoms with Gasteiger partial charge in [-0.15, -0.1) is 0 Å². The normalized spacial score (nSPS) is 12.1. The van der Waals surface area contributed by atoms with Crippen LogP contribution in [0.5, 0.6) is 0 Å². The van der Waals surface area contributed by atoms with Crippen molar-refractivity contribution in [1.82, 2.24) is 0 Å². The van der Waals surface area contributed by atoms with Crippen LogP contribution < -0.4 is 0 Å². The third kappa shape index (κ3) is 4.16. The van der Waals surface area contributed by atoms with Crippen molar-refractivity contribution in [3.05, 3.63) is 5.53 Å². The highest BCUT2D eigenvalue weighted by molar-refractivity contribution is 6.35. The fraction of sp³-hybridized carbons (Fsp3) is 0.778. The number of hydrogen-bond acceptors (Lipinski definition) is 3. The van der Waals surface area contributed by atoms with Crippen molar-refractivity contribution in [1.29, 1.82) is 0 Å². The van der Waals surface area contributed by atoms with Gasteiger partial charge in [-0.1, -0.05) is 13.8 Å². The first-order valence-corrected chi connectivity index (χ1v) is 4.60. The maximum atomic E-state index is 11.1. The topological polar surface area (TPSA) is 82.9 Å². The van der Waals surface area contributed by atoms with Gasteiger partial charge in [0.2, 0.25) is 0 Å². The Morgan fingerprint density at radius 2 is 2.14 bits per heavy atom. The van der Waals surface area contributed by atoms with Crippen LogP contribution in [-0.4, -0.2) is 34.3 Å². The molecule has 80 valence electrons. The van der Waals surface area contributed by atoms with Crippen LogP contribution in [0.4, 0.5) is 0 Å². The molecule has 1 atom stereocenters. The molecule has 0 aliphatic carbocycles. The van der Waals surface area contributed by atoms with E-state index in [1.54, 1.807) is 6.92 Å². The van der Waals surface area contributed by atoms with E-state index < -0.39 is 12.1 Å². The van der Waals surface area contributed by atoms with E-state index in [1.165, 1.54) is 0 Å². The van der Waals surface area contributed by atoms with Crippen LogP contribution in [0.1, 0.15) is 27.2 Å². The van der Waals surface area contributed by atoms with Crippen molar-refractivity contribution in [2.45, 2.75) is 33.3 Å². The highest BCUT2D eigenvalue weighted by Gasteiger charge is 2.31. The molecule has 0 aromatic rings. The van der Waals surface area contributed by atoms with Gasteiger partial charge >= 0.3 is 11.7 Å². The molecule has 0 spiro atoms. The summed E-state index contributed by atoms with van der Waals surface area (Å²) in [5, 5.41) is 9.48. The van der Waals surface area contributed by atoms with Crippen molar-refractivity contribution in [2.75, 3.05) is 6.61 Å². The lowest BCUT2D eigenvalue weighted by Gasteiger charge is -2.07. The van der Waals surface area contributed by atoms with Crippen molar-refractivity contribution in [2.24, 2.45) is 5.92 Å². The van der Waals surface area contributed by atoms with Crippen LogP contribution in [0.2, 0.25) is 0 Å². The number of aliphatic hydroxyl groups is 1. The number of rotatable bonds is 5. The summed E-state index contributed by atoms with van der Waals surface area (Å²) in [6.45, 7) is 5.61. The number of ether oxygens (including phenoxy) is 1. The monoisotopic (exact) mass is 200 g/mol. The van der Waals surface area contributed by atoms with Crippen molar-refractivity contribution in [3.63, 3.8) is 0 Å². The molecule has 1 unspecified atom stereocenters. The van der Waals surface area contributed by atoms with Crippen molar-refractivity contribution < 1.29 is 19.4 Å². The summed E-state index contributed by atoms with van der Waals surface area (Å²) < 4.78 is 4.61. The van der Waals surface area contributed by atoms with Gasteiger partial charge < -0.3 is 15.4 Å². The SMILES string of the molecule is CCOC(=O)C(=[N+]=[N-])C(O)CC(C)C. The lowest BCUT2D eigenvalue weighted by atomic mass is 10.0. The van der Waals surface area contributed by atoms with Gasteiger partial charge in [0.05, 0.1) is 6.61 Å². The molecule has 0 aromatic carbocycles. The molecule has 0 radical (unpaired) electrons. The highest BCUT2D eigenvalue weighted by Crippen LogP contribution is 2.05. The molecule has 5 nitrogen and oxygen atoms in total. The average Bonchev–Trinajstić information content (AvgIpc) is 2.04. The summed E-state index contributed by atoms with van der Waals surface area (Å²) in [7, 11) is 0. The predicted octanol–water partition coefficient (Wildman–Crippen LogP) is 0.627. The fourth-order valence-corrected chi connectivity index (χ4v) is 1.01. The summed E-state index contributed by atoms with van der Waals surface area (Å²) >= 11 is 0. The molecule has 0 aliphatic heterocycles. The van der Waals surface area contributed by atoms with Crippen LogP contribution in [0.15, 0.2) is 0 Å². The summed E-state index contributed by atoms with van der Waals surface area (Å²) in [6, 6.07) is 0. The van der Waals surface area contributed by atoms with E-state index in [4.69, 9.17) is 5.53 Å². The molecular weight excluding hydrogens is 184 g/mol. The minimum Gasteiger partial charge on any atom is -0.457 e. The van der Waals surface area contributed by atoms with Gasteiger partial charge in [-0.2, -0.15) is 4.79 Å². The van der Waals surface area contributed by atoms with Crippen molar-refractivity contribution >= 4 is 11.7 Å². The van der Waals surface area contributed by atoms with Gasteiger partial charge in [-0.05, 0) is 19.3 Å². The standard InChI is InChI=1S/C9H16N2O3/c1-4-14-9(13)8(11-10)7(12)5-6(2)3/h6-7,12H,4-5H2,1-3H3. The fourth-order valence-electron chi connectivity index (χ4n) is 1.01. The van der Waals surface area contributed by atoms with Gasteiger partial charge in [-0.25, -0.2) is 4.79 Å². The Morgan fingerprint density at radius 1 is 1.57 bits per heavy atom. The largest absolute Gasteiger partial charge is 0.457 e. The van der Waals surface area contributed by atoms with Crippen LogP contribution in [-0.2, 0) is 9.53 Å². The van der Waals surface area contributed by atoms with Gasteiger partial charge in [-0.3, -0.25) is 0 Å². The molecule has 1 N–H and O–H groups in total. The Hall–Kier alpha value is -1.19. The summed E-state index contributed by atoms with van der Waals surface area (Å²) in [5.74, 6) is -0.570. The molecule has 5 heteroatoms. The Morgan fingerprint density at radius 3 is 2.50 bits per heavy atom. The first kappa shape index (κ1) is 12.8. The minimum absolute atomic E-state index is 0.187. The third-order valence-electron chi connectivity index (χ3n) is 1.60. The first-order valence-electron chi connectivity index (χ1n) is 4.60. The van der Waals surface area contributed by atoms with Crippen LogP contribution in [0.25, 0.3) is 5.53 Å². The molecule has 0 aliphatic rings. The second-order valence-corrected chi connectivity index (χ2v) is 3.35. The van der Waals surface area contributed by atoms with E-state index in [9.17, 15) is 9.90 Å². The zero-order chi connectivity index (χ0) is 11.1. The maximum absolute atomic E-state index is 11.1. The third-order valence-corrected chi connectivity index (χ3v) is 1.60. The van der Waals surface area contributed by atoms with Crippen molar-refractivity contribution in [3.8, 4) is 0 Å². The van der Waals surface area contributed by atoms with E-state index in [1.807, 2.05) is 13.8 Å². The molecule has 0 bridgehead atoms. The van der Waals surface area contributed by atoms with E-state index >= 15 is 0 Å². The lowest BCUT2D eigenvalue weighted by molar-refractivity contribution is -0.141. The Labute approximate surface area is 83.3 Å². The number of nitrogens with zero attached hydrogens (tertiary/aromatic N) is 2. The minimum atomic E-state index is -1.07. The van der Waals surface area contributed by atoms with Crippen LogP contribution >= 0.6 is 0 Å². The Balaban J connectivity index is 4.42. The van der Waals surface area contributed by atoms with Crippen LogP contribution in [0, 0.1) is 5.92 Å². The van der Waals surface area contributed by atoms with E-state index in [2.05, 4.69) is 9.53 Å². The van der Waals surface area contributed by atoms with E-state index in [0.29, 0.717) is 6.42 Å². The molecule has 0 saturated carbocycles. The molecule has 0 rings (SSSR count). The van der Waals surface area contributed by atoms with Gasteiger partial charge in [0.15, 0.2) is 6.10 Å². The molecule has 0 saturated heterocycles. The van der Waals surface area contributed by atoms with Gasteiger partial charge in [0, 0.05) is 0 Å². The molecule has 0 amide bonds. The first-order chi connectivity index (χ1) is 6.52. The highest BCUT2D eigenvalue weighted by atomic mass is 16.5. The van der Waals surface area contributed by atoms with Gasteiger partial charge in [0.25, 0.3) is 0 Å². The number of esters is 1. The average molecular weight is 200 g/mol. The summed E-state index contributed by atoms with van der Waals surface area (Å²) in [6.07, 6.45) is -0.711. The summed E-state index contributed by atoms with van der Waals surface area (Å²) in [4.78, 5) is 13.9. The quantitative estimate of drug-likeness (QED) is 0.306. The second kappa shape index (κ2) is 6.29. The number of aliphatic hydroxyl groups excluding tert-OH is 1. The zero-order valence-corrected chi connectivity index (χ0v) is 8.73. The smallest absolute Gasteiger partial charge is 0.419 e. The molecule has 14 heavy (non-hydrogen) atoms. The van der Waals surface area contributed by atoms with Gasteiger partial charge in [0.1, 0.15) is 0 Å². The Kier molecular flexibility index (Phi) is 5.76. The number of hydrogen-bond donors (Lipinski definition) is 1. The predicted molar refractivity (Wildman–Crippen MR) is 50.7 cm³/mol. The van der Waals surface area contributed by atoms with E-state index in [-0.39, 0.29) is 18.2 Å². The van der Waals surface area contributed by atoms with Crippen LogP contribution in [0.3, 0.4) is 0 Å². The Bertz CT molecular complexity index is 244. The zero-order valence-electron chi connectivity index (χ0n) is 8.73. The molecular formula is C9H16N2O3. The lowest BCUT2D eigenvalue weighted by Crippen LogP contribution is -2.32.